The topological polar surface area (TPSA) is 155 Å². The zero-order valence-corrected chi connectivity index (χ0v) is 26.6. The van der Waals surface area contributed by atoms with Gasteiger partial charge in [0.05, 0.1) is 13.1 Å². The quantitative estimate of drug-likeness (QED) is 0.451. The van der Waals surface area contributed by atoms with Crippen molar-refractivity contribution in [3.63, 3.8) is 0 Å². The second-order valence-corrected chi connectivity index (χ2v) is 14.6. The van der Waals surface area contributed by atoms with Gasteiger partial charge in [-0.25, -0.2) is 18.8 Å². The van der Waals surface area contributed by atoms with Crippen LogP contribution in [0.25, 0.3) is 0 Å². The van der Waals surface area contributed by atoms with Crippen molar-refractivity contribution in [3.8, 4) is 0 Å². The number of nitrogens with one attached hydrogen (secondary N) is 2. The summed E-state index contributed by atoms with van der Waals surface area (Å²) < 4.78 is 25.5. The third-order valence-corrected chi connectivity index (χ3v) is 10.1. The van der Waals surface area contributed by atoms with Crippen LogP contribution >= 0.6 is 0 Å². The van der Waals surface area contributed by atoms with E-state index in [1.807, 2.05) is 0 Å². The van der Waals surface area contributed by atoms with Crippen LogP contribution < -0.4 is 10.6 Å². The first-order chi connectivity index (χ1) is 21.8. The van der Waals surface area contributed by atoms with Crippen LogP contribution in [0.5, 0.6) is 0 Å². The summed E-state index contributed by atoms with van der Waals surface area (Å²) in [5.74, 6) is -2.17. The van der Waals surface area contributed by atoms with Crippen molar-refractivity contribution in [1.29, 1.82) is 0 Å². The lowest BCUT2D eigenvalue weighted by atomic mass is 10.0. The lowest BCUT2D eigenvalue weighted by Crippen LogP contribution is -2.56. The van der Waals surface area contributed by atoms with Gasteiger partial charge in [-0.2, -0.15) is 0 Å². The van der Waals surface area contributed by atoms with Crippen LogP contribution in [0.15, 0.2) is 18.2 Å². The Kier molecular flexibility index (Phi) is 8.39. The Morgan fingerprint density at radius 2 is 1.85 bits per heavy atom. The molecular weight excluding hydrogens is 599 g/mol. The van der Waals surface area contributed by atoms with Gasteiger partial charge in [-0.05, 0) is 69.4 Å². The van der Waals surface area contributed by atoms with Gasteiger partial charge in [0, 0.05) is 18.5 Å². The monoisotopic (exact) mass is 642 g/mol. The fourth-order valence-corrected chi connectivity index (χ4v) is 7.59. The maximum Gasteiger partial charge on any atom is 0.410 e. The number of halogens is 1. The molecule has 0 bridgehead atoms. The first-order valence-corrected chi connectivity index (χ1v) is 16.3. The van der Waals surface area contributed by atoms with Gasteiger partial charge in [0.15, 0.2) is 0 Å². The van der Waals surface area contributed by atoms with Crippen LogP contribution in [0.2, 0.25) is 0 Å². The summed E-state index contributed by atoms with van der Waals surface area (Å²) in [4.78, 5) is 69.1. The summed E-state index contributed by atoms with van der Waals surface area (Å²) in [6.07, 6.45) is 2.55. The summed E-state index contributed by atoms with van der Waals surface area (Å²) >= 11 is 0. The highest BCUT2D eigenvalue weighted by Gasteiger charge is 2.68. The number of benzene rings is 1. The van der Waals surface area contributed by atoms with Crippen LogP contribution in [0.1, 0.15) is 83.3 Å². The van der Waals surface area contributed by atoms with Crippen LogP contribution in [-0.4, -0.2) is 80.7 Å². The summed E-state index contributed by atoms with van der Waals surface area (Å²) in [5.41, 5.74) is -1.09. The fourth-order valence-electron chi connectivity index (χ4n) is 7.59. The first kappa shape index (κ1) is 32.1. The molecule has 1 unspecified atom stereocenters. The molecule has 12 nitrogen and oxygen atoms in total. The maximum absolute atomic E-state index is 14.3. The number of ether oxygens (including phenoxy) is 2. The first-order valence-electron chi connectivity index (χ1n) is 16.3. The van der Waals surface area contributed by atoms with E-state index in [9.17, 15) is 33.5 Å². The Morgan fingerprint density at radius 1 is 1.09 bits per heavy atom. The van der Waals surface area contributed by atoms with Crippen molar-refractivity contribution in [1.82, 2.24) is 20.4 Å². The molecule has 2 saturated heterocycles. The minimum atomic E-state index is -1.39. The highest BCUT2D eigenvalue weighted by Crippen LogP contribution is 2.61. The number of carboxylic acid groups (broad SMARTS) is 1. The second-order valence-electron chi connectivity index (χ2n) is 14.6. The van der Waals surface area contributed by atoms with Gasteiger partial charge in [0.25, 0.3) is 0 Å². The highest BCUT2D eigenvalue weighted by molar-refractivity contribution is 5.96. The number of amides is 4. The van der Waals surface area contributed by atoms with Gasteiger partial charge in [0.2, 0.25) is 11.8 Å². The van der Waals surface area contributed by atoms with Crippen LogP contribution in [0.4, 0.5) is 14.0 Å². The number of carbonyl (C=O) groups is 5. The van der Waals surface area contributed by atoms with E-state index in [0.29, 0.717) is 36.3 Å². The summed E-state index contributed by atoms with van der Waals surface area (Å²) in [6, 6.07) is 2.52. The normalized spacial score (nSPS) is 32.4. The number of fused-ring (bicyclic) bond motifs is 5. The smallest absolute Gasteiger partial charge is 0.410 e. The van der Waals surface area contributed by atoms with E-state index in [1.54, 1.807) is 32.9 Å². The molecule has 0 radical (unpaired) electrons. The molecule has 2 aliphatic carbocycles. The Labute approximate surface area is 267 Å². The van der Waals surface area contributed by atoms with Gasteiger partial charge in [0.1, 0.15) is 35.1 Å². The lowest BCUT2D eigenvalue weighted by Gasteiger charge is -2.30. The minimum absolute atomic E-state index is 0.0344. The molecule has 4 fully saturated rings. The summed E-state index contributed by atoms with van der Waals surface area (Å²) in [5, 5.41) is 15.7. The number of carboxylic acids is 1. The Balaban J connectivity index is 1.22. The molecule has 4 amide bonds. The lowest BCUT2D eigenvalue weighted by molar-refractivity contribution is -0.146. The van der Waals surface area contributed by atoms with Crippen molar-refractivity contribution < 1.29 is 42.9 Å². The van der Waals surface area contributed by atoms with Crippen molar-refractivity contribution >= 4 is 30.0 Å². The zero-order chi connectivity index (χ0) is 33.0. The van der Waals surface area contributed by atoms with Crippen molar-refractivity contribution in [2.45, 2.75) is 115 Å². The van der Waals surface area contributed by atoms with Crippen LogP contribution in [-0.2, 0) is 36.9 Å². The number of alkyl carbamates (subject to hydrolysis) is 1. The van der Waals surface area contributed by atoms with Crippen molar-refractivity contribution in [2.24, 2.45) is 17.8 Å². The average Bonchev–Trinajstić information content (AvgIpc) is 3.78. The fraction of sp³-hybridized carbons (Fsp3) is 0.667. The van der Waals surface area contributed by atoms with Crippen LogP contribution in [0, 0.1) is 23.6 Å². The van der Waals surface area contributed by atoms with Crippen molar-refractivity contribution in [3.05, 3.63) is 35.1 Å². The van der Waals surface area contributed by atoms with Crippen LogP contribution in [0.3, 0.4) is 0 Å². The number of hydrogen-bond acceptors (Lipinski definition) is 7. The largest absolute Gasteiger partial charge is 0.479 e. The predicted octanol–water partition coefficient (Wildman–Crippen LogP) is 3.70. The van der Waals surface area contributed by atoms with E-state index >= 15 is 0 Å². The number of rotatable bonds is 3. The molecule has 6 rings (SSSR count). The van der Waals surface area contributed by atoms with E-state index in [-0.39, 0.29) is 37.9 Å². The maximum atomic E-state index is 14.3. The van der Waals surface area contributed by atoms with E-state index < -0.39 is 65.1 Å². The van der Waals surface area contributed by atoms with E-state index in [4.69, 9.17) is 9.47 Å². The number of aliphatic carboxylic acids is 1. The molecule has 13 heteroatoms. The molecule has 3 N–H and O–H groups in total. The average molecular weight is 643 g/mol. The third-order valence-electron chi connectivity index (χ3n) is 10.1. The molecule has 2 saturated carbocycles. The van der Waals surface area contributed by atoms with Gasteiger partial charge in [-0.1, -0.05) is 37.8 Å². The van der Waals surface area contributed by atoms with E-state index in [0.717, 1.165) is 25.7 Å². The molecule has 46 heavy (non-hydrogen) atoms. The molecule has 1 aromatic carbocycles. The minimum Gasteiger partial charge on any atom is -0.479 e. The van der Waals surface area contributed by atoms with E-state index in [1.165, 1.54) is 15.9 Å². The Morgan fingerprint density at radius 3 is 2.57 bits per heavy atom. The van der Waals surface area contributed by atoms with Gasteiger partial charge < -0.3 is 30.1 Å². The summed E-state index contributed by atoms with van der Waals surface area (Å²) in [7, 11) is 0. The molecule has 7 atom stereocenters. The molecular formula is C33H43FN4O8. The molecule has 0 aromatic heterocycles. The standard InChI is InChI=1S/C33H43FN4O8/c1-32(2,3)46-30(43)35-25-11-6-4-5-8-18-12-21(18)23-14-33(23,29(41)42)36-27(39)26-13-20(16-38(26)28(25)40)45-31(44)37-15-19-9-7-10-24(34)22(19)17-37/h7,9-10,18,20-21,23,25-26H,4-6,8,11-17H2,1-3H3,(H,35,43)(H,36,39)(H,41,42)/t18-,20+,21+,23?,25-,26-,33+/m0/s1. The molecule has 0 spiro atoms. The second kappa shape index (κ2) is 12.0. The molecule has 5 aliphatic rings. The molecule has 3 heterocycles. The van der Waals surface area contributed by atoms with Gasteiger partial charge in [-0.3, -0.25) is 14.5 Å². The SMILES string of the molecule is CC(C)(C)OC(=O)N[C@H]1CCCCC[C@H]2C[C@H]2C2C[C@@]2(C(=O)O)NC(=O)[C@@H]2C[C@@H](OC(=O)N3Cc4cccc(F)c4C3)CN2C1=O. The Hall–Kier alpha value is -3.90. The molecule has 250 valence electrons. The Bertz CT molecular complexity index is 1430. The summed E-state index contributed by atoms with van der Waals surface area (Å²) in [6.45, 7) is 5.22. The number of nitrogens with zero attached hydrogens (tertiary/aromatic N) is 2. The zero-order valence-electron chi connectivity index (χ0n) is 26.6. The number of carbonyl (C=O) groups excluding carboxylic acids is 4. The van der Waals surface area contributed by atoms with Gasteiger partial charge >= 0.3 is 18.2 Å². The predicted molar refractivity (Wildman–Crippen MR) is 160 cm³/mol. The molecule has 1 aromatic rings. The van der Waals surface area contributed by atoms with Gasteiger partial charge in [-0.15, -0.1) is 0 Å². The third kappa shape index (κ3) is 6.50. The molecule has 3 aliphatic heterocycles. The van der Waals surface area contributed by atoms with Crippen molar-refractivity contribution in [2.75, 3.05) is 6.54 Å². The van der Waals surface area contributed by atoms with E-state index in [2.05, 4.69) is 10.6 Å². The highest BCUT2D eigenvalue weighted by atomic mass is 19.1. The number of hydrogen-bond donors (Lipinski definition) is 3.